The van der Waals surface area contributed by atoms with Crippen LogP contribution in [0.25, 0.3) is 0 Å². The van der Waals surface area contributed by atoms with Gasteiger partial charge in [0, 0.05) is 6.04 Å². The molecule has 0 aliphatic carbocycles. The van der Waals surface area contributed by atoms with Crippen molar-refractivity contribution in [1.29, 1.82) is 0 Å². The Labute approximate surface area is 76.5 Å². The van der Waals surface area contributed by atoms with Crippen LogP contribution in [0.15, 0.2) is 0 Å². The molecule has 1 aliphatic heterocycles. The molecule has 1 aliphatic rings. The van der Waals surface area contributed by atoms with Crippen LogP contribution in [0.3, 0.4) is 0 Å². The van der Waals surface area contributed by atoms with Crippen molar-refractivity contribution in [2.45, 2.75) is 32.2 Å². The molecular weight excluding hydrogens is 148 g/mol. The summed E-state index contributed by atoms with van der Waals surface area (Å²) in [6.07, 6.45) is 4.07. The summed E-state index contributed by atoms with van der Waals surface area (Å²) in [5.74, 6) is 0. The van der Waals surface area contributed by atoms with Crippen LogP contribution >= 0.6 is 0 Å². The Balaban J connectivity index is 2.15. The Morgan fingerprint density at radius 1 is 1.33 bits per heavy atom. The highest BCUT2D eigenvalue weighted by Gasteiger charge is 2.21. The maximum Gasteiger partial charge on any atom is 0.0105 e. The van der Waals surface area contributed by atoms with Crippen LogP contribution in [0, 0.1) is 0 Å². The average molecular weight is 170 g/mol. The van der Waals surface area contributed by atoms with Gasteiger partial charge in [0.05, 0.1) is 0 Å². The van der Waals surface area contributed by atoms with Crippen molar-refractivity contribution in [1.82, 2.24) is 9.80 Å². The second-order valence-electron chi connectivity index (χ2n) is 4.04. The van der Waals surface area contributed by atoms with Gasteiger partial charge in [0.1, 0.15) is 0 Å². The van der Waals surface area contributed by atoms with Gasteiger partial charge in [-0.3, -0.25) is 0 Å². The molecule has 12 heavy (non-hydrogen) atoms. The van der Waals surface area contributed by atoms with Crippen molar-refractivity contribution in [3.8, 4) is 0 Å². The largest absolute Gasteiger partial charge is 0.309 e. The first kappa shape index (κ1) is 10.0. The molecule has 1 heterocycles. The lowest BCUT2D eigenvalue weighted by molar-refractivity contribution is 0.103. The molecule has 0 aromatic heterocycles. The molecule has 1 rings (SSSR count). The van der Waals surface area contributed by atoms with E-state index >= 15 is 0 Å². The summed E-state index contributed by atoms with van der Waals surface area (Å²) in [7, 11) is 4.31. The van der Waals surface area contributed by atoms with E-state index in [4.69, 9.17) is 0 Å². The summed E-state index contributed by atoms with van der Waals surface area (Å²) in [6.45, 7) is 6.21. The molecule has 2 nitrogen and oxygen atoms in total. The van der Waals surface area contributed by atoms with Crippen molar-refractivity contribution in [3.63, 3.8) is 0 Å². The fraction of sp³-hybridized carbons (Fsp3) is 1.00. The van der Waals surface area contributed by atoms with E-state index in [1.54, 1.807) is 0 Å². The Morgan fingerprint density at radius 3 is 2.33 bits per heavy atom. The van der Waals surface area contributed by atoms with Crippen molar-refractivity contribution < 1.29 is 0 Å². The first-order valence-electron chi connectivity index (χ1n) is 5.12. The minimum absolute atomic E-state index is 0.848. The lowest BCUT2D eigenvalue weighted by atomic mass is 10.0. The zero-order valence-corrected chi connectivity index (χ0v) is 8.71. The van der Waals surface area contributed by atoms with E-state index in [9.17, 15) is 0 Å². The highest BCUT2D eigenvalue weighted by atomic mass is 15.2. The topological polar surface area (TPSA) is 6.48 Å². The van der Waals surface area contributed by atoms with E-state index in [1.165, 1.54) is 38.9 Å². The van der Waals surface area contributed by atoms with Crippen molar-refractivity contribution in [2.24, 2.45) is 0 Å². The first-order valence-corrected chi connectivity index (χ1v) is 5.12. The molecule has 0 radical (unpaired) electrons. The third-order valence-electron chi connectivity index (χ3n) is 2.79. The molecule has 0 aromatic carbocycles. The SMILES string of the molecule is CCC(CCN(C)C)N1CCC1. The van der Waals surface area contributed by atoms with E-state index in [1.807, 2.05) is 0 Å². The lowest BCUT2D eigenvalue weighted by Gasteiger charge is -2.38. The van der Waals surface area contributed by atoms with Gasteiger partial charge < -0.3 is 9.80 Å². The summed E-state index contributed by atoms with van der Waals surface area (Å²) >= 11 is 0. The van der Waals surface area contributed by atoms with Gasteiger partial charge in [-0.25, -0.2) is 0 Å². The number of hydrogen-bond acceptors (Lipinski definition) is 2. The quantitative estimate of drug-likeness (QED) is 0.616. The number of likely N-dealkylation sites (tertiary alicyclic amines) is 1. The maximum atomic E-state index is 2.61. The van der Waals surface area contributed by atoms with Crippen LogP contribution in [0.5, 0.6) is 0 Å². The Morgan fingerprint density at radius 2 is 2.00 bits per heavy atom. The maximum absolute atomic E-state index is 2.61. The number of hydrogen-bond donors (Lipinski definition) is 0. The van der Waals surface area contributed by atoms with E-state index in [-0.39, 0.29) is 0 Å². The minimum Gasteiger partial charge on any atom is -0.309 e. The van der Waals surface area contributed by atoms with Gasteiger partial charge in [0.2, 0.25) is 0 Å². The molecule has 1 atom stereocenters. The van der Waals surface area contributed by atoms with Crippen LogP contribution in [-0.2, 0) is 0 Å². The fourth-order valence-electron chi connectivity index (χ4n) is 1.76. The zero-order valence-electron chi connectivity index (χ0n) is 8.71. The monoisotopic (exact) mass is 170 g/mol. The summed E-state index contributed by atoms with van der Waals surface area (Å²) in [6, 6.07) is 0.848. The van der Waals surface area contributed by atoms with E-state index in [2.05, 4.69) is 30.8 Å². The molecule has 1 saturated heterocycles. The third-order valence-corrected chi connectivity index (χ3v) is 2.79. The van der Waals surface area contributed by atoms with Gasteiger partial charge in [-0.1, -0.05) is 6.92 Å². The van der Waals surface area contributed by atoms with E-state index in [0.29, 0.717) is 0 Å². The van der Waals surface area contributed by atoms with Gasteiger partial charge in [-0.15, -0.1) is 0 Å². The third kappa shape index (κ3) is 2.76. The molecule has 1 fully saturated rings. The Kier molecular flexibility index (Phi) is 4.02. The second kappa shape index (κ2) is 4.83. The van der Waals surface area contributed by atoms with Crippen LogP contribution in [0.4, 0.5) is 0 Å². The standard InChI is InChI=1S/C10H22N2/c1-4-10(6-9-11(2)3)12-7-5-8-12/h10H,4-9H2,1-3H3. The van der Waals surface area contributed by atoms with Gasteiger partial charge in [0.25, 0.3) is 0 Å². The van der Waals surface area contributed by atoms with Crippen molar-refractivity contribution in [3.05, 3.63) is 0 Å². The van der Waals surface area contributed by atoms with Gasteiger partial charge in [-0.05, 0) is 53.0 Å². The molecule has 0 saturated carbocycles. The molecule has 0 N–H and O–H groups in total. The number of nitrogens with zero attached hydrogens (tertiary/aromatic N) is 2. The molecule has 1 unspecified atom stereocenters. The van der Waals surface area contributed by atoms with Gasteiger partial charge in [-0.2, -0.15) is 0 Å². The Bertz CT molecular complexity index is 119. The summed E-state index contributed by atoms with van der Waals surface area (Å²) in [5.41, 5.74) is 0. The normalized spacial score (nSPS) is 21.0. The van der Waals surface area contributed by atoms with Crippen molar-refractivity contribution in [2.75, 3.05) is 33.7 Å². The van der Waals surface area contributed by atoms with Crippen LogP contribution < -0.4 is 0 Å². The zero-order chi connectivity index (χ0) is 8.97. The molecule has 2 heteroatoms. The molecular formula is C10H22N2. The van der Waals surface area contributed by atoms with Crippen LogP contribution in [0.2, 0.25) is 0 Å². The van der Waals surface area contributed by atoms with E-state index < -0.39 is 0 Å². The van der Waals surface area contributed by atoms with E-state index in [0.717, 1.165) is 6.04 Å². The fourth-order valence-corrected chi connectivity index (χ4v) is 1.76. The highest BCUT2D eigenvalue weighted by molar-refractivity contribution is 4.77. The molecule has 0 spiro atoms. The molecule has 72 valence electrons. The van der Waals surface area contributed by atoms with Gasteiger partial charge >= 0.3 is 0 Å². The summed E-state index contributed by atoms with van der Waals surface area (Å²) < 4.78 is 0. The predicted molar refractivity (Wildman–Crippen MR) is 53.4 cm³/mol. The summed E-state index contributed by atoms with van der Waals surface area (Å²) in [4.78, 5) is 4.89. The van der Waals surface area contributed by atoms with Crippen molar-refractivity contribution >= 4 is 0 Å². The molecule has 0 bridgehead atoms. The minimum atomic E-state index is 0.848. The Hall–Kier alpha value is -0.0800. The second-order valence-corrected chi connectivity index (χ2v) is 4.04. The molecule has 0 amide bonds. The molecule has 0 aromatic rings. The highest BCUT2D eigenvalue weighted by Crippen LogP contribution is 2.16. The predicted octanol–water partition coefficient (Wildman–Crippen LogP) is 1.42. The average Bonchev–Trinajstić information content (AvgIpc) is 1.93. The lowest BCUT2D eigenvalue weighted by Crippen LogP contribution is -2.45. The van der Waals surface area contributed by atoms with Crippen LogP contribution in [0.1, 0.15) is 26.2 Å². The number of rotatable bonds is 5. The first-order chi connectivity index (χ1) is 5.74. The smallest absolute Gasteiger partial charge is 0.0105 e. The van der Waals surface area contributed by atoms with Crippen LogP contribution in [-0.4, -0.2) is 49.6 Å². The summed E-state index contributed by atoms with van der Waals surface area (Å²) in [5, 5.41) is 0. The van der Waals surface area contributed by atoms with Gasteiger partial charge in [0.15, 0.2) is 0 Å².